The van der Waals surface area contributed by atoms with Crippen LogP contribution in [0.5, 0.6) is 11.5 Å². The average molecular weight is 505 g/mol. The average Bonchev–Trinajstić information content (AvgIpc) is 2.82. The number of aliphatic hydroxyl groups excluding tert-OH is 1. The highest BCUT2D eigenvalue weighted by atomic mass is 32.2. The topological polar surface area (TPSA) is 174 Å². The van der Waals surface area contributed by atoms with Crippen LogP contribution in [0.3, 0.4) is 0 Å². The van der Waals surface area contributed by atoms with Gasteiger partial charge in [-0.05, 0) is 41.1 Å². The highest BCUT2D eigenvalue weighted by molar-refractivity contribution is 7.87. The predicted octanol–water partition coefficient (Wildman–Crippen LogP) is 1.87. The Balaban J connectivity index is 1.64. The van der Waals surface area contributed by atoms with Gasteiger partial charge in [0.25, 0.3) is 5.96 Å². The summed E-state index contributed by atoms with van der Waals surface area (Å²) in [4.78, 5) is 24.8. The zero-order valence-corrected chi connectivity index (χ0v) is 19.5. The molecule has 0 saturated carbocycles. The zero-order valence-electron chi connectivity index (χ0n) is 18.7. The number of pyridine rings is 1. The molecule has 0 aliphatic carbocycles. The molecule has 1 heterocycles. The Morgan fingerprint density at radius 2 is 1.86 bits per heavy atom. The van der Waals surface area contributed by atoms with Crippen molar-refractivity contribution < 1.29 is 36.9 Å². The summed E-state index contributed by atoms with van der Waals surface area (Å²) >= 11 is 0. The molecule has 0 unspecified atom stereocenters. The number of hydroxylamine groups is 2. The maximum atomic E-state index is 12.8. The van der Waals surface area contributed by atoms with Crippen LogP contribution in [-0.2, 0) is 31.2 Å². The van der Waals surface area contributed by atoms with Crippen molar-refractivity contribution in [2.24, 2.45) is 5.73 Å². The quantitative estimate of drug-likeness (QED) is 0.121. The standard InChI is InChI=1S/C22H24N4O8S/c1-15(28)33-26(22(23)24)32-10-4-9-31-18-11-16(14-27)12-19(13-18)34-35(29,30)21-8-7-17-5-2-3-6-20(17)25-21/h2-3,5-8,11-13,27H,4,9-10,14H2,1H3,(H3,23,24). The van der Waals surface area contributed by atoms with Gasteiger partial charge >= 0.3 is 16.1 Å². The summed E-state index contributed by atoms with van der Waals surface area (Å²) in [6.07, 6.45) is 0.296. The molecule has 2 aromatic carbocycles. The smallest absolute Gasteiger partial charge is 0.356 e. The lowest BCUT2D eigenvalue weighted by Gasteiger charge is -2.18. The van der Waals surface area contributed by atoms with Crippen LogP contribution in [0.25, 0.3) is 10.9 Å². The van der Waals surface area contributed by atoms with Gasteiger partial charge in [0, 0.05) is 24.8 Å². The van der Waals surface area contributed by atoms with Gasteiger partial charge in [-0.15, -0.1) is 0 Å². The molecule has 4 N–H and O–H groups in total. The van der Waals surface area contributed by atoms with Gasteiger partial charge in [0.1, 0.15) is 11.5 Å². The SMILES string of the molecule is CC(=O)ON(OCCCOc1cc(CO)cc(OS(=O)(=O)c2ccc3ccccc3n2)c1)C(=N)N. The van der Waals surface area contributed by atoms with E-state index in [2.05, 4.69) is 9.82 Å². The third-order valence-corrected chi connectivity index (χ3v) is 5.48. The summed E-state index contributed by atoms with van der Waals surface area (Å²) in [5.74, 6) is -1.13. The van der Waals surface area contributed by atoms with Gasteiger partial charge in [0.05, 0.1) is 25.3 Å². The third kappa shape index (κ3) is 7.27. The Labute approximate surface area is 201 Å². The zero-order chi connectivity index (χ0) is 25.4. The summed E-state index contributed by atoms with van der Waals surface area (Å²) < 4.78 is 36.4. The molecule has 186 valence electrons. The van der Waals surface area contributed by atoms with Crippen LogP contribution in [-0.4, -0.2) is 48.9 Å². The van der Waals surface area contributed by atoms with E-state index in [1.807, 2.05) is 12.1 Å². The van der Waals surface area contributed by atoms with Gasteiger partial charge in [-0.25, -0.2) is 14.6 Å². The minimum atomic E-state index is -4.25. The van der Waals surface area contributed by atoms with Gasteiger partial charge in [0.15, 0.2) is 5.03 Å². The van der Waals surface area contributed by atoms with E-state index >= 15 is 0 Å². The Bertz CT molecular complexity index is 1320. The lowest BCUT2D eigenvalue weighted by atomic mass is 10.2. The van der Waals surface area contributed by atoms with E-state index in [9.17, 15) is 18.3 Å². The van der Waals surface area contributed by atoms with Crippen molar-refractivity contribution in [2.45, 2.75) is 25.0 Å². The van der Waals surface area contributed by atoms with E-state index in [-0.39, 0.29) is 36.3 Å². The number of fused-ring (bicyclic) bond motifs is 1. The number of nitrogens with one attached hydrogen (secondary N) is 1. The minimum Gasteiger partial charge on any atom is -0.493 e. The Morgan fingerprint density at radius 1 is 1.11 bits per heavy atom. The van der Waals surface area contributed by atoms with Crippen LogP contribution in [0.1, 0.15) is 18.9 Å². The summed E-state index contributed by atoms with van der Waals surface area (Å²) in [6, 6.07) is 14.3. The molecule has 0 saturated heterocycles. The first-order valence-electron chi connectivity index (χ1n) is 10.3. The van der Waals surface area contributed by atoms with E-state index in [1.165, 1.54) is 24.3 Å². The molecular formula is C22H24N4O8S. The van der Waals surface area contributed by atoms with Gasteiger partial charge in [-0.3, -0.25) is 5.41 Å². The van der Waals surface area contributed by atoms with Crippen LogP contribution in [0.2, 0.25) is 0 Å². The van der Waals surface area contributed by atoms with Gasteiger partial charge in [0.2, 0.25) is 0 Å². The molecule has 35 heavy (non-hydrogen) atoms. The summed E-state index contributed by atoms with van der Waals surface area (Å²) in [6.45, 7) is 0.865. The molecule has 0 bridgehead atoms. The highest BCUT2D eigenvalue weighted by Gasteiger charge is 2.20. The van der Waals surface area contributed by atoms with E-state index in [1.54, 1.807) is 18.2 Å². The number of aliphatic hydroxyl groups is 1. The Kier molecular flexibility index (Phi) is 8.41. The fraction of sp³-hybridized carbons (Fsp3) is 0.227. The maximum absolute atomic E-state index is 12.8. The molecule has 0 amide bonds. The molecule has 0 spiro atoms. The fourth-order valence-corrected chi connectivity index (χ4v) is 3.75. The molecule has 3 aromatic rings. The normalized spacial score (nSPS) is 11.1. The monoisotopic (exact) mass is 504 g/mol. The van der Waals surface area contributed by atoms with E-state index in [0.29, 0.717) is 22.7 Å². The van der Waals surface area contributed by atoms with Crippen LogP contribution < -0.4 is 14.7 Å². The fourth-order valence-electron chi connectivity index (χ4n) is 2.87. The molecular weight excluding hydrogens is 480 g/mol. The number of carbonyl (C=O) groups is 1. The molecule has 0 atom stereocenters. The third-order valence-electron chi connectivity index (χ3n) is 4.33. The predicted molar refractivity (Wildman–Crippen MR) is 124 cm³/mol. The molecule has 0 aliphatic rings. The van der Waals surface area contributed by atoms with Crippen LogP contribution in [0.4, 0.5) is 0 Å². The number of carbonyl (C=O) groups excluding carboxylic acids is 1. The van der Waals surface area contributed by atoms with Crippen molar-refractivity contribution in [3.05, 3.63) is 60.2 Å². The lowest BCUT2D eigenvalue weighted by Crippen LogP contribution is -2.38. The lowest BCUT2D eigenvalue weighted by molar-refractivity contribution is -0.298. The van der Waals surface area contributed by atoms with E-state index in [0.717, 1.165) is 12.3 Å². The first-order valence-corrected chi connectivity index (χ1v) is 11.7. The van der Waals surface area contributed by atoms with Gasteiger partial charge < -0.3 is 24.6 Å². The maximum Gasteiger partial charge on any atom is 0.356 e. The van der Waals surface area contributed by atoms with E-state index < -0.39 is 22.0 Å². The Hall–Kier alpha value is -3.94. The molecule has 12 nitrogen and oxygen atoms in total. The van der Waals surface area contributed by atoms with Gasteiger partial charge in [-0.2, -0.15) is 8.42 Å². The van der Waals surface area contributed by atoms with Crippen LogP contribution >= 0.6 is 0 Å². The largest absolute Gasteiger partial charge is 0.493 e. The second-order valence-corrected chi connectivity index (χ2v) is 8.60. The van der Waals surface area contributed by atoms with Crippen molar-refractivity contribution in [3.63, 3.8) is 0 Å². The highest BCUT2D eigenvalue weighted by Crippen LogP contribution is 2.26. The second kappa shape index (κ2) is 11.5. The number of para-hydroxylation sites is 1. The van der Waals surface area contributed by atoms with Crippen molar-refractivity contribution in [1.29, 1.82) is 5.41 Å². The van der Waals surface area contributed by atoms with Crippen LogP contribution in [0, 0.1) is 5.41 Å². The summed E-state index contributed by atoms with van der Waals surface area (Å²) in [7, 11) is -4.25. The Morgan fingerprint density at radius 3 is 2.57 bits per heavy atom. The summed E-state index contributed by atoms with van der Waals surface area (Å²) in [5.41, 5.74) is 6.12. The number of aromatic nitrogens is 1. The first kappa shape index (κ1) is 25.7. The number of benzene rings is 2. The molecule has 0 radical (unpaired) electrons. The number of hydrogen-bond donors (Lipinski definition) is 3. The number of nitrogens with zero attached hydrogens (tertiary/aromatic N) is 2. The molecule has 13 heteroatoms. The van der Waals surface area contributed by atoms with E-state index in [4.69, 9.17) is 24.9 Å². The van der Waals surface area contributed by atoms with Crippen molar-refractivity contribution >= 4 is 32.9 Å². The minimum absolute atomic E-state index is 0.00206. The number of ether oxygens (including phenoxy) is 1. The first-order chi connectivity index (χ1) is 16.7. The van der Waals surface area contributed by atoms with Crippen molar-refractivity contribution in [3.8, 4) is 11.5 Å². The molecule has 0 fully saturated rings. The van der Waals surface area contributed by atoms with Crippen molar-refractivity contribution in [2.75, 3.05) is 13.2 Å². The van der Waals surface area contributed by atoms with Gasteiger partial charge in [-0.1, -0.05) is 18.2 Å². The second-order valence-electron chi connectivity index (χ2n) is 7.11. The molecule has 3 rings (SSSR count). The molecule has 0 aliphatic heterocycles. The van der Waals surface area contributed by atoms with Crippen LogP contribution in [0.15, 0.2) is 59.6 Å². The number of nitrogens with two attached hydrogens (primary N) is 1. The summed E-state index contributed by atoms with van der Waals surface area (Å²) in [5, 5.41) is 17.8. The van der Waals surface area contributed by atoms with Crippen molar-refractivity contribution in [1.82, 2.24) is 10.2 Å². The number of guanidine groups is 1. The number of hydrogen-bond acceptors (Lipinski definition) is 10. The number of rotatable bonds is 10. The molecule has 1 aromatic heterocycles.